The number of fused-ring (bicyclic) bond motifs is 2. The number of phenolic OH excluding ortho intramolecular Hbond substituents is 1. The van der Waals surface area contributed by atoms with Crippen molar-refractivity contribution < 1.29 is 19.1 Å². The van der Waals surface area contributed by atoms with Crippen molar-refractivity contribution >= 4 is 16.9 Å². The number of carbonyl (C=O) groups is 1. The van der Waals surface area contributed by atoms with E-state index in [-0.39, 0.29) is 28.6 Å². The molecule has 1 aromatic heterocycles. The van der Waals surface area contributed by atoms with Crippen molar-refractivity contribution in [3.8, 4) is 11.5 Å². The number of hydrogen-bond donors (Lipinski definition) is 1. The van der Waals surface area contributed by atoms with Gasteiger partial charge in [-0.05, 0) is 35.4 Å². The molecule has 31 heavy (non-hydrogen) atoms. The van der Waals surface area contributed by atoms with E-state index < -0.39 is 6.04 Å². The standard InChI is InChI=1S/C25H19NO5/c1-30-20-13-16(11-12-18(20)27)22-21-23(28)17-9-5-6-10-19(17)31-24(21)25(29)26(22)14-15-7-3-2-4-8-15/h2-13,22,27H,14H2,1H3/t22-/m1/s1. The molecular weight excluding hydrogens is 394 g/mol. The first-order chi connectivity index (χ1) is 15.1. The lowest BCUT2D eigenvalue weighted by atomic mass is 9.98. The quantitative estimate of drug-likeness (QED) is 0.541. The molecule has 0 bridgehead atoms. The first kappa shape index (κ1) is 18.9. The first-order valence-electron chi connectivity index (χ1n) is 9.86. The molecule has 0 saturated heterocycles. The highest BCUT2D eigenvalue weighted by atomic mass is 16.5. The molecule has 0 spiro atoms. The zero-order valence-corrected chi connectivity index (χ0v) is 16.7. The Balaban J connectivity index is 1.74. The van der Waals surface area contributed by atoms with E-state index in [1.807, 2.05) is 30.3 Å². The molecular formula is C25H19NO5. The number of hydrogen-bond acceptors (Lipinski definition) is 5. The minimum atomic E-state index is -0.668. The number of aromatic hydroxyl groups is 1. The Bertz CT molecular complexity index is 1360. The molecule has 1 atom stereocenters. The van der Waals surface area contributed by atoms with Crippen molar-refractivity contribution in [2.24, 2.45) is 0 Å². The predicted octanol–water partition coefficient (Wildman–Crippen LogP) is 4.25. The van der Waals surface area contributed by atoms with Gasteiger partial charge in [-0.3, -0.25) is 9.59 Å². The number of carbonyl (C=O) groups excluding carboxylic acids is 1. The molecule has 1 amide bonds. The van der Waals surface area contributed by atoms with Crippen molar-refractivity contribution in [1.82, 2.24) is 4.90 Å². The summed E-state index contributed by atoms with van der Waals surface area (Å²) < 4.78 is 11.2. The largest absolute Gasteiger partial charge is 0.504 e. The summed E-state index contributed by atoms with van der Waals surface area (Å²) in [6, 6.07) is 20.6. The second-order valence-electron chi connectivity index (χ2n) is 7.42. The van der Waals surface area contributed by atoms with Crippen LogP contribution in [0.4, 0.5) is 0 Å². The van der Waals surface area contributed by atoms with E-state index in [4.69, 9.17) is 9.15 Å². The Morgan fingerprint density at radius 2 is 1.74 bits per heavy atom. The minimum absolute atomic E-state index is 0.0176. The van der Waals surface area contributed by atoms with Crippen LogP contribution in [-0.4, -0.2) is 23.0 Å². The maximum atomic E-state index is 13.4. The Morgan fingerprint density at radius 1 is 1.00 bits per heavy atom. The third kappa shape index (κ3) is 3.04. The summed E-state index contributed by atoms with van der Waals surface area (Å²) in [5.41, 5.74) is 2.02. The number of nitrogens with zero attached hydrogens (tertiary/aromatic N) is 1. The lowest BCUT2D eigenvalue weighted by Gasteiger charge is -2.25. The molecule has 1 aliphatic rings. The molecule has 154 valence electrons. The first-order valence-corrected chi connectivity index (χ1v) is 9.86. The van der Waals surface area contributed by atoms with Gasteiger partial charge in [-0.2, -0.15) is 0 Å². The molecule has 0 saturated carbocycles. The molecule has 1 aliphatic heterocycles. The van der Waals surface area contributed by atoms with Gasteiger partial charge in [-0.15, -0.1) is 0 Å². The van der Waals surface area contributed by atoms with Gasteiger partial charge in [0.1, 0.15) is 5.58 Å². The maximum Gasteiger partial charge on any atom is 0.291 e. The highest BCUT2D eigenvalue weighted by Crippen LogP contribution is 2.41. The summed E-state index contributed by atoms with van der Waals surface area (Å²) in [5, 5.41) is 10.5. The SMILES string of the molecule is COc1cc([C@@H]2c3c(oc4ccccc4c3=O)C(=O)N2Cc2ccccc2)ccc1O. The number of para-hydroxylation sites is 1. The van der Waals surface area contributed by atoms with Gasteiger partial charge >= 0.3 is 0 Å². The number of methoxy groups -OCH3 is 1. The Hall–Kier alpha value is -4.06. The topological polar surface area (TPSA) is 80.0 Å². The van der Waals surface area contributed by atoms with Crippen LogP contribution in [0.15, 0.2) is 82.0 Å². The second-order valence-corrected chi connectivity index (χ2v) is 7.42. The van der Waals surface area contributed by atoms with Crippen LogP contribution in [0.1, 0.15) is 33.3 Å². The molecule has 5 rings (SSSR count). The maximum absolute atomic E-state index is 13.4. The summed E-state index contributed by atoms with van der Waals surface area (Å²) in [5.74, 6) is -0.0467. The molecule has 0 radical (unpaired) electrons. The van der Waals surface area contributed by atoms with Crippen LogP contribution in [0.2, 0.25) is 0 Å². The minimum Gasteiger partial charge on any atom is -0.504 e. The van der Waals surface area contributed by atoms with E-state index in [1.54, 1.807) is 41.3 Å². The number of phenols is 1. The number of amides is 1. The van der Waals surface area contributed by atoms with Crippen LogP contribution in [0, 0.1) is 0 Å². The molecule has 0 fully saturated rings. The van der Waals surface area contributed by atoms with Crippen molar-refractivity contribution in [3.63, 3.8) is 0 Å². The second kappa shape index (κ2) is 7.32. The van der Waals surface area contributed by atoms with Crippen LogP contribution >= 0.6 is 0 Å². The van der Waals surface area contributed by atoms with Crippen molar-refractivity contribution in [2.75, 3.05) is 7.11 Å². The van der Waals surface area contributed by atoms with Crippen molar-refractivity contribution in [1.29, 1.82) is 0 Å². The fourth-order valence-electron chi connectivity index (χ4n) is 4.12. The summed E-state index contributed by atoms with van der Waals surface area (Å²) in [6.45, 7) is 0.299. The number of benzene rings is 3. The third-order valence-corrected chi connectivity index (χ3v) is 5.59. The fourth-order valence-corrected chi connectivity index (χ4v) is 4.12. The summed E-state index contributed by atoms with van der Waals surface area (Å²) in [6.07, 6.45) is 0. The Kier molecular flexibility index (Phi) is 4.47. The van der Waals surface area contributed by atoms with Crippen molar-refractivity contribution in [3.05, 3.63) is 105 Å². The molecule has 6 nitrogen and oxygen atoms in total. The molecule has 0 aliphatic carbocycles. The van der Waals surface area contributed by atoms with Gasteiger partial charge < -0.3 is 19.2 Å². The van der Waals surface area contributed by atoms with E-state index in [0.29, 0.717) is 28.6 Å². The average molecular weight is 413 g/mol. The van der Waals surface area contributed by atoms with E-state index in [9.17, 15) is 14.7 Å². The van der Waals surface area contributed by atoms with E-state index >= 15 is 0 Å². The van der Waals surface area contributed by atoms with Crippen molar-refractivity contribution in [2.45, 2.75) is 12.6 Å². The van der Waals surface area contributed by atoms with Crippen LogP contribution in [0.25, 0.3) is 11.0 Å². The van der Waals surface area contributed by atoms with E-state index in [0.717, 1.165) is 5.56 Å². The normalized spacial score (nSPS) is 15.3. The fraction of sp³-hybridized carbons (Fsp3) is 0.120. The Morgan fingerprint density at radius 3 is 2.52 bits per heavy atom. The molecule has 2 heterocycles. The molecule has 1 N–H and O–H groups in total. The van der Waals surface area contributed by atoms with E-state index in [2.05, 4.69) is 0 Å². The van der Waals surface area contributed by atoms with Crippen LogP contribution in [0.5, 0.6) is 11.5 Å². The zero-order chi connectivity index (χ0) is 21.5. The van der Waals surface area contributed by atoms with Gasteiger partial charge in [0.15, 0.2) is 16.9 Å². The smallest absolute Gasteiger partial charge is 0.291 e. The lowest BCUT2D eigenvalue weighted by Crippen LogP contribution is -2.29. The Labute approximate surface area is 177 Å². The molecule has 0 unspecified atom stereocenters. The molecule has 4 aromatic rings. The van der Waals surface area contributed by atoms with Gasteiger partial charge in [0.05, 0.1) is 24.1 Å². The highest BCUT2D eigenvalue weighted by molar-refractivity contribution is 5.99. The third-order valence-electron chi connectivity index (χ3n) is 5.59. The molecule has 6 heteroatoms. The monoisotopic (exact) mass is 413 g/mol. The van der Waals surface area contributed by atoms with Gasteiger partial charge in [0, 0.05) is 6.54 Å². The van der Waals surface area contributed by atoms with Gasteiger partial charge in [0.2, 0.25) is 5.76 Å². The number of ether oxygens (including phenoxy) is 1. The van der Waals surface area contributed by atoms with Crippen LogP contribution in [0.3, 0.4) is 0 Å². The average Bonchev–Trinajstić information content (AvgIpc) is 3.07. The van der Waals surface area contributed by atoms with Crippen LogP contribution in [-0.2, 0) is 6.54 Å². The van der Waals surface area contributed by atoms with Crippen LogP contribution < -0.4 is 10.2 Å². The summed E-state index contributed by atoms with van der Waals surface area (Å²) in [7, 11) is 1.45. The van der Waals surface area contributed by atoms with Gasteiger partial charge in [0.25, 0.3) is 5.91 Å². The van der Waals surface area contributed by atoms with E-state index in [1.165, 1.54) is 13.2 Å². The zero-order valence-electron chi connectivity index (χ0n) is 16.7. The highest BCUT2D eigenvalue weighted by Gasteiger charge is 2.42. The molecule has 3 aromatic carbocycles. The predicted molar refractivity (Wildman–Crippen MR) is 115 cm³/mol. The summed E-state index contributed by atoms with van der Waals surface area (Å²) >= 11 is 0. The van der Waals surface area contributed by atoms with Gasteiger partial charge in [-0.25, -0.2) is 0 Å². The summed E-state index contributed by atoms with van der Waals surface area (Å²) in [4.78, 5) is 28.5. The lowest BCUT2D eigenvalue weighted by molar-refractivity contribution is 0.0714. The number of rotatable bonds is 4. The van der Waals surface area contributed by atoms with Gasteiger partial charge in [-0.1, -0.05) is 48.5 Å².